The van der Waals surface area contributed by atoms with E-state index in [-0.39, 0.29) is 10.8 Å². The van der Waals surface area contributed by atoms with Crippen LogP contribution in [0.25, 0.3) is 17.5 Å². The Labute approximate surface area is 157 Å². The predicted octanol–water partition coefficient (Wildman–Crippen LogP) is 2.64. The van der Waals surface area contributed by atoms with Gasteiger partial charge in [0.2, 0.25) is 15.9 Å². The van der Waals surface area contributed by atoms with Crippen LogP contribution in [0.15, 0.2) is 71.9 Å². The molecule has 1 heterocycles. The van der Waals surface area contributed by atoms with E-state index in [2.05, 4.69) is 20.0 Å². The lowest BCUT2D eigenvalue weighted by atomic mass is 10.2. The van der Waals surface area contributed by atoms with Gasteiger partial charge in [-0.2, -0.15) is 0 Å². The number of carbonyl (C=O) groups excluding carboxylic acids is 1. The molecule has 0 fully saturated rings. The zero-order chi connectivity index (χ0) is 19.3. The average Bonchev–Trinajstić information content (AvgIpc) is 3.22. The van der Waals surface area contributed by atoms with E-state index in [1.165, 1.54) is 25.3 Å². The highest BCUT2D eigenvalue weighted by Gasteiger charge is 2.09. The topological polar surface area (TPSA) is 104 Å². The maximum Gasteiger partial charge on any atom is 0.248 e. The molecule has 138 valence electrons. The van der Waals surface area contributed by atoms with Crippen LogP contribution in [0.3, 0.4) is 0 Å². The van der Waals surface area contributed by atoms with E-state index in [1.54, 1.807) is 42.7 Å². The third-order valence-corrected chi connectivity index (χ3v) is 5.24. The van der Waals surface area contributed by atoms with Gasteiger partial charge in [0.1, 0.15) is 5.82 Å². The number of aromatic nitrogens is 2. The van der Waals surface area contributed by atoms with E-state index in [0.717, 1.165) is 11.4 Å². The number of H-pyrrole nitrogens is 1. The van der Waals surface area contributed by atoms with E-state index in [1.807, 2.05) is 12.1 Å². The molecule has 3 rings (SSSR count). The summed E-state index contributed by atoms with van der Waals surface area (Å²) in [6.45, 7) is 0. The summed E-state index contributed by atoms with van der Waals surface area (Å²) in [6.07, 6.45) is 6.43. The minimum absolute atomic E-state index is 0.170. The van der Waals surface area contributed by atoms with E-state index < -0.39 is 10.0 Å². The highest BCUT2D eigenvalue weighted by molar-refractivity contribution is 7.89. The Morgan fingerprint density at radius 1 is 1.07 bits per heavy atom. The number of anilines is 1. The molecule has 0 radical (unpaired) electrons. The highest BCUT2D eigenvalue weighted by Crippen LogP contribution is 2.17. The molecule has 0 spiro atoms. The lowest BCUT2D eigenvalue weighted by Gasteiger charge is -2.04. The average molecular weight is 382 g/mol. The molecule has 3 aromatic rings. The second kappa shape index (κ2) is 7.98. The number of nitrogens with zero attached hydrogens (tertiary/aromatic N) is 1. The van der Waals surface area contributed by atoms with Crippen LogP contribution in [0, 0.1) is 0 Å². The smallest absolute Gasteiger partial charge is 0.248 e. The van der Waals surface area contributed by atoms with Gasteiger partial charge in [-0.25, -0.2) is 18.1 Å². The van der Waals surface area contributed by atoms with Gasteiger partial charge in [0.25, 0.3) is 0 Å². The number of sulfonamides is 1. The fourth-order valence-electron chi connectivity index (χ4n) is 2.37. The normalized spacial score (nSPS) is 11.6. The number of aromatic amines is 1. The van der Waals surface area contributed by atoms with Crippen molar-refractivity contribution in [3.63, 3.8) is 0 Å². The second-order valence-electron chi connectivity index (χ2n) is 5.61. The molecule has 27 heavy (non-hydrogen) atoms. The lowest BCUT2D eigenvalue weighted by molar-refractivity contribution is -0.111. The van der Waals surface area contributed by atoms with Crippen LogP contribution in [0.1, 0.15) is 5.56 Å². The first-order chi connectivity index (χ1) is 13.0. The van der Waals surface area contributed by atoms with Gasteiger partial charge in [-0.15, -0.1) is 0 Å². The maximum atomic E-state index is 12.0. The van der Waals surface area contributed by atoms with Crippen LogP contribution in [-0.2, 0) is 14.8 Å². The first-order valence-corrected chi connectivity index (χ1v) is 9.59. The Bertz CT molecular complexity index is 1040. The van der Waals surface area contributed by atoms with Crippen molar-refractivity contribution in [3.8, 4) is 11.4 Å². The summed E-state index contributed by atoms with van der Waals surface area (Å²) in [5.41, 5.74) is 2.30. The molecule has 1 aromatic heterocycles. The minimum Gasteiger partial charge on any atom is -0.345 e. The summed E-state index contributed by atoms with van der Waals surface area (Å²) in [7, 11) is -2.11. The maximum absolute atomic E-state index is 12.0. The molecule has 2 aromatic carbocycles. The minimum atomic E-state index is -3.47. The predicted molar refractivity (Wildman–Crippen MR) is 104 cm³/mol. The highest BCUT2D eigenvalue weighted by atomic mass is 32.2. The number of benzene rings is 2. The standard InChI is InChI=1S/C19H18N4O3S/c1-20-27(25,26)17-9-2-14(3-10-17)4-11-18(24)23-16-7-5-15(6-8-16)19-21-12-13-22-19/h2-13,20H,1H3,(H,21,22)(H,23,24). The largest absolute Gasteiger partial charge is 0.345 e. The van der Waals surface area contributed by atoms with Gasteiger partial charge in [0, 0.05) is 29.7 Å². The fraction of sp³-hybridized carbons (Fsp3) is 0.0526. The molecule has 0 saturated carbocycles. The second-order valence-corrected chi connectivity index (χ2v) is 7.50. The summed E-state index contributed by atoms with van der Waals surface area (Å²) >= 11 is 0. The summed E-state index contributed by atoms with van der Waals surface area (Å²) in [5, 5.41) is 2.77. The summed E-state index contributed by atoms with van der Waals surface area (Å²) < 4.78 is 25.6. The lowest BCUT2D eigenvalue weighted by Crippen LogP contribution is -2.18. The van der Waals surface area contributed by atoms with Crippen molar-refractivity contribution in [2.45, 2.75) is 4.90 Å². The van der Waals surface area contributed by atoms with Crippen molar-refractivity contribution in [1.82, 2.24) is 14.7 Å². The van der Waals surface area contributed by atoms with Crippen LogP contribution >= 0.6 is 0 Å². The first-order valence-electron chi connectivity index (χ1n) is 8.10. The Balaban J connectivity index is 1.62. The number of imidazole rings is 1. The van der Waals surface area contributed by atoms with Gasteiger partial charge >= 0.3 is 0 Å². The number of carbonyl (C=O) groups is 1. The molecule has 3 N–H and O–H groups in total. The summed E-state index contributed by atoms with van der Waals surface area (Å²) in [6, 6.07) is 13.5. The van der Waals surface area contributed by atoms with Crippen LogP contribution < -0.4 is 10.0 Å². The van der Waals surface area contributed by atoms with Gasteiger partial charge in [-0.05, 0) is 55.1 Å². The molecule has 0 unspecified atom stereocenters. The summed E-state index contributed by atoms with van der Waals surface area (Å²) in [5.74, 6) is 0.476. The molecule has 7 nitrogen and oxygen atoms in total. The van der Waals surface area contributed by atoms with Crippen molar-refractivity contribution in [2.24, 2.45) is 0 Å². The van der Waals surface area contributed by atoms with E-state index in [9.17, 15) is 13.2 Å². The SMILES string of the molecule is CNS(=O)(=O)c1ccc(C=CC(=O)Nc2ccc(-c3ncc[nH]3)cc2)cc1. The molecule has 0 aliphatic carbocycles. The quantitative estimate of drug-likeness (QED) is 0.570. The third kappa shape index (κ3) is 4.69. The number of amides is 1. The van der Waals surface area contributed by atoms with Crippen molar-refractivity contribution >= 4 is 27.7 Å². The van der Waals surface area contributed by atoms with Crippen LogP contribution in [0.5, 0.6) is 0 Å². The molecule has 0 saturated heterocycles. The van der Waals surface area contributed by atoms with Gasteiger partial charge in [-0.3, -0.25) is 4.79 Å². The van der Waals surface area contributed by atoms with E-state index >= 15 is 0 Å². The molecule has 1 amide bonds. The monoisotopic (exact) mass is 382 g/mol. The van der Waals surface area contributed by atoms with Crippen LogP contribution in [0.2, 0.25) is 0 Å². The van der Waals surface area contributed by atoms with Gasteiger partial charge in [-0.1, -0.05) is 12.1 Å². The number of hydrogen-bond donors (Lipinski definition) is 3. The molecule has 8 heteroatoms. The van der Waals surface area contributed by atoms with Crippen molar-refractivity contribution in [1.29, 1.82) is 0 Å². The van der Waals surface area contributed by atoms with Crippen LogP contribution in [0.4, 0.5) is 5.69 Å². The van der Waals surface area contributed by atoms with Crippen LogP contribution in [-0.4, -0.2) is 31.3 Å². The van der Waals surface area contributed by atoms with Gasteiger partial charge in [0.05, 0.1) is 4.90 Å². The molecule has 0 aliphatic heterocycles. The Morgan fingerprint density at radius 3 is 2.37 bits per heavy atom. The molecule has 0 bridgehead atoms. The van der Waals surface area contributed by atoms with E-state index in [0.29, 0.717) is 11.3 Å². The number of rotatable bonds is 6. The molecular weight excluding hydrogens is 364 g/mol. The van der Waals surface area contributed by atoms with E-state index in [4.69, 9.17) is 0 Å². The zero-order valence-electron chi connectivity index (χ0n) is 14.5. The number of nitrogens with one attached hydrogen (secondary N) is 3. The van der Waals surface area contributed by atoms with Crippen molar-refractivity contribution in [3.05, 3.63) is 72.6 Å². The molecule has 0 aliphatic rings. The van der Waals surface area contributed by atoms with Gasteiger partial charge < -0.3 is 10.3 Å². The third-order valence-electron chi connectivity index (χ3n) is 3.81. The fourth-order valence-corrected chi connectivity index (χ4v) is 3.10. The Kier molecular flexibility index (Phi) is 5.49. The Hall–Kier alpha value is -3.23. The van der Waals surface area contributed by atoms with Crippen molar-refractivity contribution < 1.29 is 13.2 Å². The zero-order valence-corrected chi connectivity index (χ0v) is 15.3. The van der Waals surface area contributed by atoms with Gasteiger partial charge in [0.15, 0.2) is 0 Å². The van der Waals surface area contributed by atoms with Crippen molar-refractivity contribution in [2.75, 3.05) is 12.4 Å². The summed E-state index contributed by atoms with van der Waals surface area (Å²) in [4.78, 5) is 19.4. The molecule has 0 atom stereocenters. The first kappa shape index (κ1) is 18.6. The molecular formula is C19H18N4O3S. The number of hydrogen-bond acceptors (Lipinski definition) is 4. The Morgan fingerprint density at radius 2 is 1.78 bits per heavy atom.